The number of carbonyl (C=O) groups excluding carboxylic acids is 1. The fourth-order valence-electron chi connectivity index (χ4n) is 1.78. The van der Waals surface area contributed by atoms with E-state index in [9.17, 15) is 4.79 Å². The van der Waals surface area contributed by atoms with Gasteiger partial charge in [-0.05, 0) is 30.7 Å². The second-order valence-corrected chi connectivity index (χ2v) is 3.75. The average molecular weight is 229 g/mol. The number of methoxy groups -OCH3 is 1. The van der Waals surface area contributed by atoms with E-state index in [0.717, 1.165) is 5.39 Å². The van der Waals surface area contributed by atoms with Crippen molar-refractivity contribution in [3.8, 4) is 6.07 Å². The number of ether oxygens (including phenoxy) is 1. The van der Waals surface area contributed by atoms with E-state index in [1.807, 2.05) is 0 Å². The molecule has 1 unspecified atom stereocenters. The van der Waals surface area contributed by atoms with Gasteiger partial charge in [-0.1, -0.05) is 0 Å². The minimum Gasteiger partial charge on any atom is -0.469 e. The third kappa shape index (κ3) is 1.87. The van der Waals surface area contributed by atoms with Gasteiger partial charge in [-0.15, -0.1) is 0 Å². The second kappa shape index (κ2) is 4.30. The van der Waals surface area contributed by atoms with Gasteiger partial charge >= 0.3 is 5.97 Å². The first-order chi connectivity index (χ1) is 8.17. The number of carbonyl (C=O) groups is 1. The van der Waals surface area contributed by atoms with Crippen molar-refractivity contribution >= 4 is 16.9 Å². The zero-order valence-electron chi connectivity index (χ0n) is 9.56. The number of benzene rings is 1. The van der Waals surface area contributed by atoms with Crippen molar-refractivity contribution in [3.63, 3.8) is 0 Å². The summed E-state index contributed by atoms with van der Waals surface area (Å²) in [4.78, 5) is 11.5. The second-order valence-electron chi connectivity index (χ2n) is 3.75. The molecule has 2 rings (SSSR count). The highest BCUT2D eigenvalue weighted by molar-refractivity contribution is 5.84. The van der Waals surface area contributed by atoms with Crippen molar-refractivity contribution in [3.05, 3.63) is 35.6 Å². The molecule has 0 saturated carbocycles. The Morgan fingerprint density at radius 2 is 2.29 bits per heavy atom. The van der Waals surface area contributed by atoms with Crippen LogP contribution in [0, 0.1) is 11.3 Å². The van der Waals surface area contributed by atoms with Crippen LogP contribution in [0.1, 0.15) is 24.0 Å². The number of nitriles is 1. The predicted molar refractivity (Wildman–Crippen MR) is 61.4 cm³/mol. The van der Waals surface area contributed by atoms with Gasteiger partial charge in [0.25, 0.3) is 0 Å². The van der Waals surface area contributed by atoms with E-state index >= 15 is 0 Å². The Bertz CT molecular complexity index is 607. The van der Waals surface area contributed by atoms with Gasteiger partial charge in [0.05, 0.1) is 30.9 Å². The Balaban J connectivity index is 2.58. The Hall–Kier alpha value is -2.28. The summed E-state index contributed by atoms with van der Waals surface area (Å²) in [5.41, 5.74) is 1.76. The van der Waals surface area contributed by atoms with Crippen LogP contribution in [-0.2, 0) is 9.53 Å². The maximum atomic E-state index is 11.5. The van der Waals surface area contributed by atoms with Gasteiger partial charge in [0.15, 0.2) is 0 Å². The first-order valence-corrected chi connectivity index (χ1v) is 5.16. The molecule has 0 saturated heterocycles. The highest BCUT2D eigenvalue weighted by Crippen LogP contribution is 2.27. The van der Waals surface area contributed by atoms with Crippen LogP contribution < -0.4 is 0 Å². The highest BCUT2D eigenvalue weighted by Gasteiger charge is 2.20. The van der Waals surface area contributed by atoms with Crippen LogP contribution in [0.15, 0.2) is 28.9 Å². The fourth-order valence-corrected chi connectivity index (χ4v) is 1.78. The molecule has 17 heavy (non-hydrogen) atoms. The van der Waals surface area contributed by atoms with E-state index in [-0.39, 0.29) is 5.97 Å². The lowest BCUT2D eigenvalue weighted by Gasteiger charge is -2.10. The third-order valence-electron chi connectivity index (χ3n) is 2.77. The molecule has 0 spiro atoms. The lowest BCUT2D eigenvalue weighted by Crippen LogP contribution is -2.12. The Labute approximate surface area is 98.4 Å². The molecule has 0 N–H and O–H groups in total. The molecule has 1 heterocycles. The average Bonchev–Trinajstić information content (AvgIpc) is 2.82. The largest absolute Gasteiger partial charge is 0.469 e. The zero-order chi connectivity index (χ0) is 12.4. The molecule has 0 bridgehead atoms. The summed E-state index contributed by atoms with van der Waals surface area (Å²) in [6.07, 6.45) is 1.55. The molecule has 4 heteroatoms. The van der Waals surface area contributed by atoms with Crippen LogP contribution in [0.2, 0.25) is 0 Å². The van der Waals surface area contributed by atoms with Gasteiger partial charge in [0, 0.05) is 5.39 Å². The number of rotatable bonds is 2. The quantitative estimate of drug-likeness (QED) is 0.742. The fraction of sp³-hybridized carbons (Fsp3) is 0.231. The monoisotopic (exact) mass is 229 g/mol. The zero-order valence-corrected chi connectivity index (χ0v) is 9.56. The number of furan rings is 1. The lowest BCUT2D eigenvalue weighted by molar-refractivity contribution is -0.141. The number of hydrogen-bond acceptors (Lipinski definition) is 4. The number of esters is 1. The summed E-state index contributed by atoms with van der Waals surface area (Å²) in [5.74, 6) is -0.850. The van der Waals surface area contributed by atoms with Gasteiger partial charge in [-0.25, -0.2) is 0 Å². The Kier molecular flexibility index (Phi) is 2.84. The van der Waals surface area contributed by atoms with Gasteiger partial charge in [0.2, 0.25) is 0 Å². The summed E-state index contributed by atoms with van der Waals surface area (Å²) in [5, 5.41) is 9.94. The normalized spacial score (nSPS) is 12.1. The highest BCUT2D eigenvalue weighted by atomic mass is 16.5. The minimum absolute atomic E-state index is 0.368. The molecule has 0 amide bonds. The van der Waals surface area contributed by atoms with Crippen molar-refractivity contribution in [1.29, 1.82) is 5.26 Å². The van der Waals surface area contributed by atoms with E-state index in [2.05, 4.69) is 10.8 Å². The molecular weight excluding hydrogens is 218 g/mol. The van der Waals surface area contributed by atoms with Gasteiger partial charge in [-0.2, -0.15) is 5.26 Å². The van der Waals surface area contributed by atoms with Crippen LogP contribution in [0.5, 0.6) is 0 Å². The van der Waals surface area contributed by atoms with Gasteiger partial charge < -0.3 is 9.15 Å². The van der Waals surface area contributed by atoms with Crippen molar-refractivity contribution in [1.82, 2.24) is 0 Å². The maximum Gasteiger partial charge on any atom is 0.312 e. The number of nitrogens with zero attached hydrogens (tertiary/aromatic N) is 1. The number of fused-ring (bicyclic) bond motifs is 1. The standard InChI is InChI=1S/C13H11NO3/c1-8(13(15)16-2)11-6-12-9(3-4-17-12)5-10(11)7-14/h3-6,8H,1-2H3. The van der Waals surface area contributed by atoms with Gasteiger partial charge in [-0.3, -0.25) is 4.79 Å². The summed E-state index contributed by atoms with van der Waals surface area (Å²) in [6.45, 7) is 1.71. The lowest BCUT2D eigenvalue weighted by atomic mass is 9.95. The van der Waals surface area contributed by atoms with Crippen molar-refractivity contribution in [2.24, 2.45) is 0 Å². The molecule has 1 aromatic carbocycles. The molecule has 0 aliphatic carbocycles. The van der Waals surface area contributed by atoms with Crippen LogP contribution in [0.25, 0.3) is 11.0 Å². The van der Waals surface area contributed by atoms with Crippen LogP contribution in [0.3, 0.4) is 0 Å². The summed E-state index contributed by atoms with van der Waals surface area (Å²) in [6, 6.07) is 7.30. The molecular formula is C13H11NO3. The molecule has 0 aliphatic heterocycles. The van der Waals surface area contributed by atoms with E-state index < -0.39 is 5.92 Å². The molecule has 2 aromatic rings. The SMILES string of the molecule is COC(=O)C(C)c1cc2occc2cc1C#N. The third-order valence-corrected chi connectivity index (χ3v) is 2.77. The van der Waals surface area contributed by atoms with Crippen molar-refractivity contribution in [2.45, 2.75) is 12.8 Å². The Morgan fingerprint density at radius 3 is 2.94 bits per heavy atom. The van der Waals surface area contributed by atoms with E-state index in [1.165, 1.54) is 7.11 Å². The van der Waals surface area contributed by atoms with E-state index in [4.69, 9.17) is 9.68 Å². The first kappa shape index (κ1) is 11.2. The van der Waals surface area contributed by atoms with Crippen molar-refractivity contribution in [2.75, 3.05) is 7.11 Å². The van der Waals surface area contributed by atoms with Crippen LogP contribution in [-0.4, -0.2) is 13.1 Å². The Morgan fingerprint density at radius 1 is 1.53 bits per heavy atom. The molecule has 86 valence electrons. The van der Waals surface area contributed by atoms with E-state index in [0.29, 0.717) is 16.7 Å². The molecule has 1 aromatic heterocycles. The topological polar surface area (TPSA) is 63.2 Å². The van der Waals surface area contributed by atoms with Crippen LogP contribution in [0.4, 0.5) is 0 Å². The number of hydrogen-bond donors (Lipinski definition) is 0. The van der Waals surface area contributed by atoms with E-state index in [1.54, 1.807) is 31.4 Å². The molecule has 0 fully saturated rings. The van der Waals surface area contributed by atoms with Gasteiger partial charge in [0.1, 0.15) is 5.58 Å². The maximum absolute atomic E-state index is 11.5. The molecule has 1 atom stereocenters. The summed E-state index contributed by atoms with van der Waals surface area (Å²) >= 11 is 0. The van der Waals surface area contributed by atoms with Crippen LogP contribution >= 0.6 is 0 Å². The molecule has 0 aliphatic rings. The molecule has 0 radical (unpaired) electrons. The summed E-state index contributed by atoms with van der Waals surface area (Å²) in [7, 11) is 1.33. The molecule has 4 nitrogen and oxygen atoms in total. The summed E-state index contributed by atoms with van der Waals surface area (Å²) < 4.78 is 9.94. The minimum atomic E-state index is -0.482. The van der Waals surface area contributed by atoms with Crippen molar-refractivity contribution < 1.29 is 13.9 Å². The smallest absolute Gasteiger partial charge is 0.312 e. The predicted octanol–water partition coefficient (Wildman–Crippen LogP) is 2.58. The first-order valence-electron chi connectivity index (χ1n) is 5.16.